The van der Waals surface area contributed by atoms with Gasteiger partial charge in [0.2, 0.25) is 5.91 Å². The van der Waals surface area contributed by atoms with Gasteiger partial charge in [0.05, 0.1) is 0 Å². The molecule has 4 heteroatoms. The fraction of sp³-hybridized carbons (Fsp3) is 0.417. The molecule has 1 saturated heterocycles. The molecule has 1 aliphatic heterocycles. The summed E-state index contributed by atoms with van der Waals surface area (Å²) in [6.07, 6.45) is 2.06. The molecule has 2 nitrogen and oxygen atoms in total. The highest BCUT2D eigenvalue weighted by molar-refractivity contribution is 7.99. The molecule has 0 aromatic heterocycles. The van der Waals surface area contributed by atoms with E-state index in [9.17, 15) is 9.18 Å². The molecule has 1 atom stereocenters. The Morgan fingerprint density at radius 2 is 2.12 bits per heavy atom. The number of carbonyl (C=O) groups excluding carboxylic acids is 1. The van der Waals surface area contributed by atoms with E-state index in [0.717, 1.165) is 24.3 Å². The van der Waals surface area contributed by atoms with Gasteiger partial charge in [0.15, 0.2) is 0 Å². The Morgan fingerprint density at radius 3 is 2.75 bits per heavy atom. The summed E-state index contributed by atoms with van der Waals surface area (Å²) in [4.78, 5) is 11.8. The zero-order chi connectivity index (χ0) is 11.4. The van der Waals surface area contributed by atoms with Crippen molar-refractivity contribution in [3.63, 3.8) is 0 Å². The smallest absolute Gasteiger partial charge is 0.228 e. The van der Waals surface area contributed by atoms with Gasteiger partial charge in [-0.1, -0.05) is 0 Å². The molecule has 1 aliphatic rings. The fourth-order valence-corrected chi connectivity index (χ4v) is 2.87. The molecule has 0 saturated carbocycles. The van der Waals surface area contributed by atoms with Gasteiger partial charge in [-0.05, 0) is 42.9 Å². The first-order valence-corrected chi connectivity index (χ1v) is 6.55. The summed E-state index contributed by atoms with van der Waals surface area (Å²) in [6.45, 7) is 0. The standard InChI is InChI=1S/C12H14FNOS/c13-10-3-5-11(6-4-10)14-12(15)9-2-1-7-16-8-9/h3-6,9H,1-2,7-8H2,(H,14,15). The quantitative estimate of drug-likeness (QED) is 0.859. The molecule has 1 N–H and O–H groups in total. The third kappa shape index (κ3) is 2.98. The van der Waals surface area contributed by atoms with Crippen molar-refractivity contribution in [3.8, 4) is 0 Å². The van der Waals surface area contributed by atoms with Gasteiger partial charge in [-0.25, -0.2) is 4.39 Å². The number of hydrogen-bond acceptors (Lipinski definition) is 2. The largest absolute Gasteiger partial charge is 0.326 e. The summed E-state index contributed by atoms with van der Waals surface area (Å²) >= 11 is 1.82. The Kier molecular flexibility index (Phi) is 3.83. The van der Waals surface area contributed by atoms with E-state index in [4.69, 9.17) is 0 Å². The Labute approximate surface area is 98.6 Å². The predicted octanol–water partition coefficient (Wildman–Crippen LogP) is 2.91. The lowest BCUT2D eigenvalue weighted by atomic mass is 10.0. The van der Waals surface area contributed by atoms with Crippen molar-refractivity contribution in [2.75, 3.05) is 16.8 Å². The monoisotopic (exact) mass is 239 g/mol. The van der Waals surface area contributed by atoms with Crippen LogP contribution in [0.1, 0.15) is 12.8 Å². The molecule has 16 heavy (non-hydrogen) atoms. The number of anilines is 1. The fourth-order valence-electron chi connectivity index (χ4n) is 1.73. The van der Waals surface area contributed by atoms with Crippen LogP contribution >= 0.6 is 11.8 Å². The van der Waals surface area contributed by atoms with E-state index >= 15 is 0 Å². The first-order valence-electron chi connectivity index (χ1n) is 5.40. The Morgan fingerprint density at radius 1 is 1.38 bits per heavy atom. The summed E-state index contributed by atoms with van der Waals surface area (Å²) in [7, 11) is 0. The topological polar surface area (TPSA) is 29.1 Å². The summed E-state index contributed by atoms with van der Waals surface area (Å²) in [6, 6.07) is 5.88. The van der Waals surface area contributed by atoms with Crippen LogP contribution in [0.15, 0.2) is 24.3 Å². The molecule has 0 bridgehead atoms. The third-order valence-corrected chi connectivity index (χ3v) is 3.86. The van der Waals surface area contributed by atoms with Crippen LogP contribution < -0.4 is 5.32 Å². The SMILES string of the molecule is O=C(Nc1ccc(F)cc1)C1CCCSC1. The Hall–Kier alpha value is -1.03. The minimum absolute atomic E-state index is 0.0545. The number of amides is 1. The second-order valence-electron chi connectivity index (χ2n) is 3.91. The number of carbonyl (C=O) groups is 1. The van der Waals surface area contributed by atoms with Gasteiger partial charge in [0.1, 0.15) is 5.82 Å². The van der Waals surface area contributed by atoms with E-state index in [-0.39, 0.29) is 17.6 Å². The second-order valence-corrected chi connectivity index (χ2v) is 5.06. The molecular weight excluding hydrogens is 225 g/mol. The van der Waals surface area contributed by atoms with Crippen LogP contribution in [-0.4, -0.2) is 17.4 Å². The zero-order valence-electron chi connectivity index (χ0n) is 8.91. The van der Waals surface area contributed by atoms with Crippen LogP contribution in [0.5, 0.6) is 0 Å². The number of rotatable bonds is 2. The average Bonchev–Trinajstić information content (AvgIpc) is 2.33. The van der Waals surface area contributed by atoms with Crippen molar-refractivity contribution in [1.29, 1.82) is 0 Å². The maximum absolute atomic E-state index is 12.7. The summed E-state index contributed by atoms with van der Waals surface area (Å²) < 4.78 is 12.7. The molecule has 1 unspecified atom stereocenters. The number of nitrogens with one attached hydrogen (secondary N) is 1. The van der Waals surface area contributed by atoms with Gasteiger partial charge >= 0.3 is 0 Å². The van der Waals surface area contributed by atoms with Crippen LogP contribution in [-0.2, 0) is 4.79 Å². The van der Waals surface area contributed by atoms with Gasteiger partial charge in [-0.15, -0.1) is 0 Å². The number of hydrogen-bond donors (Lipinski definition) is 1. The van der Waals surface area contributed by atoms with Crippen LogP contribution in [0, 0.1) is 11.7 Å². The first kappa shape index (κ1) is 11.5. The summed E-state index contributed by atoms with van der Waals surface area (Å²) in [5, 5.41) is 2.82. The molecule has 1 aromatic carbocycles. The highest BCUT2D eigenvalue weighted by atomic mass is 32.2. The van der Waals surface area contributed by atoms with E-state index in [0.29, 0.717) is 5.69 Å². The number of halogens is 1. The second kappa shape index (κ2) is 5.34. The number of benzene rings is 1. The zero-order valence-corrected chi connectivity index (χ0v) is 9.73. The maximum atomic E-state index is 12.7. The van der Waals surface area contributed by atoms with Gasteiger partial charge in [0.25, 0.3) is 0 Å². The molecule has 1 amide bonds. The normalized spacial score (nSPS) is 20.4. The van der Waals surface area contributed by atoms with E-state index in [2.05, 4.69) is 5.32 Å². The van der Waals surface area contributed by atoms with E-state index < -0.39 is 0 Å². The molecule has 1 fully saturated rings. The molecule has 86 valence electrons. The lowest BCUT2D eigenvalue weighted by Crippen LogP contribution is -2.27. The summed E-state index contributed by atoms with van der Waals surface area (Å²) in [5.74, 6) is 1.92. The lowest BCUT2D eigenvalue weighted by Gasteiger charge is -2.20. The van der Waals surface area contributed by atoms with Gasteiger partial charge < -0.3 is 5.32 Å². The minimum Gasteiger partial charge on any atom is -0.326 e. The maximum Gasteiger partial charge on any atom is 0.228 e. The van der Waals surface area contributed by atoms with Crippen molar-refractivity contribution >= 4 is 23.4 Å². The average molecular weight is 239 g/mol. The Balaban J connectivity index is 1.93. The van der Waals surface area contributed by atoms with Gasteiger partial charge in [-0.2, -0.15) is 11.8 Å². The van der Waals surface area contributed by atoms with Crippen molar-refractivity contribution in [2.24, 2.45) is 5.92 Å². The molecule has 0 radical (unpaired) electrons. The molecular formula is C12H14FNOS. The predicted molar refractivity (Wildman–Crippen MR) is 65.1 cm³/mol. The van der Waals surface area contributed by atoms with Crippen molar-refractivity contribution in [2.45, 2.75) is 12.8 Å². The molecule has 2 rings (SSSR count). The number of thioether (sulfide) groups is 1. The molecule has 0 aliphatic carbocycles. The van der Waals surface area contributed by atoms with Crippen molar-refractivity contribution < 1.29 is 9.18 Å². The first-order chi connectivity index (χ1) is 7.75. The van der Waals surface area contributed by atoms with Gasteiger partial charge in [-0.3, -0.25) is 4.79 Å². The van der Waals surface area contributed by atoms with Crippen LogP contribution in [0.4, 0.5) is 10.1 Å². The Bertz CT molecular complexity index is 360. The molecule has 1 heterocycles. The highest BCUT2D eigenvalue weighted by Crippen LogP contribution is 2.23. The van der Waals surface area contributed by atoms with E-state index in [1.807, 2.05) is 11.8 Å². The minimum atomic E-state index is -0.286. The van der Waals surface area contributed by atoms with Crippen LogP contribution in [0.3, 0.4) is 0 Å². The molecule has 1 aromatic rings. The van der Waals surface area contributed by atoms with E-state index in [1.165, 1.54) is 12.1 Å². The third-order valence-electron chi connectivity index (χ3n) is 2.64. The lowest BCUT2D eigenvalue weighted by molar-refractivity contribution is -0.119. The van der Waals surface area contributed by atoms with Gasteiger partial charge in [0, 0.05) is 17.4 Å². The molecule has 0 spiro atoms. The van der Waals surface area contributed by atoms with E-state index in [1.54, 1.807) is 12.1 Å². The van der Waals surface area contributed by atoms with Crippen LogP contribution in [0.2, 0.25) is 0 Å². The van der Waals surface area contributed by atoms with Crippen molar-refractivity contribution in [3.05, 3.63) is 30.1 Å². The highest BCUT2D eigenvalue weighted by Gasteiger charge is 2.21. The summed E-state index contributed by atoms with van der Waals surface area (Å²) in [5.41, 5.74) is 0.668. The van der Waals surface area contributed by atoms with Crippen LogP contribution in [0.25, 0.3) is 0 Å². The van der Waals surface area contributed by atoms with Crippen molar-refractivity contribution in [1.82, 2.24) is 0 Å².